The molecule has 0 amide bonds. The summed E-state index contributed by atoms with van der Waals surface area (Å²) in [4.78, 5) is 17.5. The number of carbonyl (C=O) groups excluding carboxylic acids is 1. The first-order valence-corrected chi connectivity index (χ1v) is 10.3. The maximum Gasteiger partial charge on any atom is 0.363 e. The molecular formula is C26H23NO7. The number of aliphatic hydroxyl groups is 1. The zero-order valence-electron chi connectivity index (χ0n) is 18.5. The largest absolute Gasteiger partial charge is 0.497 e. The van der Waals surface area contributed by atoms with Gasteiger partial charge in [0.15, 0.2) is 0 Å². The van der Waals surface area contributed by atoms with Gasteiger partial charge in [0.25, 0.3) is 0 Å². The Labute approximate surface area is 195 Å². The van der Waals surface area contributed by atoms with Crippen LogP contribution in [0.15, 0.2) is 84.9 Å². The molecule has 4 rings (SSSR count). The molecule has 0 bridgehead atoms. The number of benzene rings is 3. The number of nitrogens with zero attached hydrogens (tertiary/aromatic N) is 1. The molecule has 0 aliphatic heterocycles. The Morgan fingerprint density at radius 2 is 1.06 bits per heavy atom. The molecule has 8 heteroatoms. The van der Waals surface area contributed by atoms with E-state index in [1.165, 1.54) is 24.3 Å². The summed E-state index contributed by atoms with van der Waals surface area (Å²) in [7, 11) is 3.13. The number of hydrogen-bond acceptors (Lipinski definition) is 7. The highest BCUT2D eigenvalue weighted by molar-refractivity contribution is 5.89. The minimum absolute atomic E-state index is 0.156. The van der Waals surface area contributed by atoms with E-state index < -0.39 is 23.3 Å². The summed E-state index contributed by atoms with van der Waals surface area (Å²) in [6.07, 6.45) is 0. The molecule has 0 atom stereocenters. The van der Waals surface area contributed by atoms with Gasteiger partial charge in [0.1, 0.15) is 17.1 Å². The molecule has 3 N–H and O–H groups in total. The van der Waals surface area contributed by atoms with Gasteiger partial charge in [-0.25, -0.2) is 4.79 Å². The molecule has 0 unspecified atom stereocenters. The third-order valence-corrected chi connectivity index (χ3v) is 5.53. The molecule has 1 heterocycles. The fraction of sp³-hybridized carbons (Fsp3) is 0.115. The van der Waals surface area contributed by atoms with Gasteiger partial charge in [-0.05, 0) is 53.1 Å². The van der Waals surface area contributed by atoms with Crippen molar-refractivity contribution < 1.29 is 34.4 Å². The standard InChI is InChI=1S/C26H23NO7/c1-32-21-11-7-19(8-12-21)26(31,20-9-13-22(33-2)14-10-20)18-5-3-17(4-6-18)25(30)34-27-23(28)15-16-24(27)29/h3-16,28-29,31H,1-2H3. The molecule has 34 heavy (non-hydrogen) atoms. The van der Waals surface area contributed by atoms with Gasteiger partial charge in [-0.3, -0.25) is 0 Å². The summed E-state index contributed by atoms with van der Waals surface area (Å²) in [6, 6.07) is 22.7. The Hall–Kier alpha value is -4.43. The summed E-state index contributed by atoms with van der Waals surface area (Å²) in [5, 5.41) is 31.4. The zero-order chi connectivity index (χ0) is 24.3. The predicted molar refractivity (Wildman–Crippen MR) is 123 cm³/mol. The molecule has 4 aromatic rings. The Kier molecular flexibility index (Phi) is 6.16. The highest BCUT2D eigenvalue weighted by atomic mass is 16.7. The molecule has 0 spiro atoms. The van der Waals surface area contributed by atoms with E-state index in [0.717, 1.165) is 0 Å². The molecule has 1 aromatic heterocycles. The average molecular weight is 461 g/mol. The van der Waals surface area contributed by atoms with Gasteiger partial charge >= 0.3 is 5.97 Å². The lowest BCUT2D eigenvalue weighted by Gasteiger charge is -2.30. The first kappa shape index (κ1) is 22.8. The van der Waals surface area contributed by atoms with Crippen molar-refractivity contribution in [2.24, 2.45) is 0 Å². The minimum Gasteiger partial charge on any atom is -0.497 e. The summed E-state index contributed by atoms with van der Waals surface area (Å²) in [5.41, 5.74) is 0.304. The molecule has 0 aliphatic carbocycles. The van der Waals surface area contributed by atoms with Crippen LogP contribution in [0, 0.1) is 0 Å². The van der Waals surface area contributed by atoms with Crippen LogP contribution in [-0.4, -0.2) is 40.2 Å². The predicted octanol–water partition coefficient (Wildman–Crippen LogP) is 3.47. The third-order valence-electron chi connectivity index (χ3n) is 5.53. The van der Waals surface area contributed by atoms with E-state index in [-0.39, 0.29) is 5.56 Å². The third kappa shape index (κ3) is 4.14. The molecule has 0 saturated carbocycles. The van der Waals surface area contributed by atoms with Gasteiger partial charge in [0, 0.05) is 12.1 Å². The zero-order valence-corrected chi connectivity index (χ0v) is 18.5. The highest BCUT2D eigenvalue weighted by Crippen LogP contribution is 2.38. The number of aromatic hydroxyl groups is 2. The van der Waals surface area contributed by atoms with Crippen molar-refractivity contribution in [3.05, 3.63) is 107 Å². The van der Waals surface area contributed by atoms with Crippen LogP contribution in [0.25, 0.3) is 0 Å². The maximum absolute atomic E-state index is 12.5. The number of carbonyl (C=O) groups is 1. The molecule has 0 aliphatic rings. The first-order chi connectivity index (χ1) is 16.4. The van der Waals surface area contributed by atoms with Gasteiger partial charge in [-0.1, -0.05) is 36.4 Å². The van der Waals surface area contributed by atoms with Crippen LogP contribution in [0.4, 0.5) is 0 Å². The lowest BCUT2D eigenvalue weighted by molar-refractivity contribution is 0.0381. The van der Waals surface area contributed by atoms with Crippen molar-refractivity contribution in [1.82, 2.24) is 4.73 Å². The Morgan fingerprint density at radius 3 is 1.44 bits per heavy atom. The second-order valence-corrected chi connectivity index (χ2v) is 7.47. The van der Waals surface area contributed by atoms with Crippen molar-refractivity contribution in [3.8, 4) is 23.3 Å². The molecule has 3 aromatic carbocycles. The maximum atomic E-state index is 12.5. The highest BCUT2D eigenvalue weighted by Gasteiger charge is 2.34. The molecule has 0 saturated heterocycles. The van der Waals surface area contributed by atoms with E-state index in [1.54, 1.807) is 74.9 Å². The quantitative estimate of drug-likeness (QED) is 0.362. The number of ether oxygens (including phenoxy) is 2. The van der Waals surface area contributed by atoms with Crippen LogP contribution in [0.2, 0.25) is 0 Å². The first-order valence-electron chi connectivity index (χ1n) is 10.3. The summed E-state index contributed by atoms with van der Waals surface area (Å²) in [6.45, 7) is 0. The van der Waals surface area contributed by atoms with Gasteiger partial charge in [-0.2, -0.15) is 0 Å². The van der Waals surface area contributed by atoms with E-state index >= 15 is 0 Å². The van der Waals surface area contributed by atoms with Crippen molar-refractivity contribution in [2.45, 2.75) is 5.60 Å². The van der Waals surface area contributed by atoms with Gasteiger partial charge < -0.3 is 29.6 Å². The van der Waals surface area contributed by atoms with Crippen molar-refractivity contribution in [3.63, 3.8) is 0 Å². The molecule has 174 valence electrons. The Bertz CT molecular complexity index is 1210. The van der Waals surface area contributed by atoms with E-state index in [4.69, 9.17) is 14.3 Å². The molecule has 0 fully saturated rings. The topological polar surface area (TPSA) is 110 Å². The monoisotopic (exact) mass is 461 g/mol. The fourth-order valence-electron chi connectivity index (χ4n) is 3.64. The average Bonchev–Trinajstić information content (AvgIpc) is 3.20. The van der Waals surface area contributed by atoms with E-state index in [1.807, 2.05) is 0 Å². The van der Waals surface area contributed by atoms with Crippen LogP contribution in [0.1, 0.15) is 27.0 Å². The second kappa shape index (κ2) is 9.21. The van der Waals surface area contributed by atoms with Crippen LogP contribution < -0.4 is 14.3 Å². The van der Waals surface area contributed by atoms with Gasteiger partial charge in [0.2, 0.25) is 11.8 Å². The van der Waals surface area contributed by atoms with Crippen LogP contribution >= 0.6 is 0 Å². The summed E-state index contributed by atoms with van der Waals surface area (Å²) < 4.78 is 11.1. The number of methoxy groups -OCH3 is 2. The second-order valence-electron chi connectivity index (χ2n) is 7.47. The Balaban J connectivity index is 1.71. The molecular weight excluding hydrogens is 438 g/mol. The Morgan fingerprint density at radius 1 is 0.676 bits per heavy atom. The summed E-state index contributed by atoms with van der Waals surface area (Å²) >= 11 is 0. The molecule has 0 radical (unpaired) electrons. The lowest BCUT2D eigenvalue weighted by Crippen LogP contribution is -2.29. The summed E-state index contributed by atoms with van der Waals surface area (Å²) in [5.74, 6) is -0.344. The van der Waals surface area contributed by atoms with Crippen molar-refractivity contribution in [2.75, 3.05) is 14.2 Å². The smallest absolute Gasteiger partial charge is 0.363 e. The van der Waals surface area contributed by atoms with Crippen molar-refractivity contribution >= 4 is 5.97 Å². The van der Waals surface area contributed by atoms with E-state index in [9.17, 15) is 20.1 Å². The normalized spacial score (nSPS) is 11.1. The van der Waals surface area contributed by atoms with Crippen molar-refractivity contribution in [1.29, 1.82) is 0 Å². The van der Waals surface area contributed by atoms with Crippen LogP contribution in [0.3, 0.4) is 0 Å². The van der Waals surface area contributed by atoms with E-state index in [2.05, 4.69) is 0 Å². The fourth-order valence-corrected chi connectivity index (χ4v) is 3.64. The number of hydrogen-bond donors (Lipinski definition) is 3. The minimum atomic E-state index is -1.54. The van der Waals surface area contributed by atoms with Gasteiger partial charge in [-0.15, -0.1) is 4.73 Å². The van der Waals surface area contributed by atoms with E-state index in [0.29, 0.717) is 32.9 Å². The SMILES string of the molecule is COc1ccc(C(O)(c2ccc(OC)cc2)c2ccc(C(=O)On3c(O)ccc3O)cc2)cc1. The van der Waals surface area contributed by atoms with Crippen LogP contribution in [0.5, 0.6) is 23.3 Å². The number of rotatable bonds is 7. The van der Waals surface area contributed by atoms with Gasteiger partial charge in [0.05, 0.1) is 19.8 Å². The lowest BCUT2D eigenvalue weighted by atomic mass is 9.80. The number of aromatic nitrogens is 1. The molecule has 8 nitrogen and oxygen atoms in total. The van der Waals surface area contributed by atoms with Crippen LogP contribution in [-0.2, 0) is 5.60 Å².